The van der Waals surface area contributed by atoms with Gasteiger partial charge in [0.15, 0.2) is 0 Å². The molecule has 1 aromatic heterocycles. The van der Waals surface area contributed by atoms with Crippen LogP contribution >= 0.6 is 11.6 Å². The number of carbonyl (C=O) groups excluding carboxylic acids is 1. The highest BCUT2D eigenvalue weighted by Crippen LogP contribution is 2.27. The van der Waals surface area contributed by atoms with Crippen molar-refractivity contribution in [3.63, 3.8) is 0 Å². The Morgan fingerprint density at radius 2 is 2.05 bits per heavy atom. The molecule has 1 amide bonds. The summed E-state index contributed by atoms with van der Waals surface area (Å²) in [6.45, 7) is 4.88. The summed E-state index contributed by atoms with van der Waals surface area (Å²) in [5.41, 5.74) is -1.77. The van der Waals surface area contributed by atoms with Crippen molar-refractivity contribution in [3.8, 4) is 0 Å². The average molecular weight is 316 g/mol. The van der Waals surface area contributed by atoms with Gasteiger partial charge in [0.2, 0.25) is 5.15 Å². The van der Waals surface area contributed by atoms with Crippen molar-refractivity contribution < 1.29 is 19.6 Å². The summed E-state index contributed by atoms with van der Waals surface area (Å²) >= 11 is 5.61. The molecule has 0 unspecified atom stereocenters. The highest BCUT2D eigenvalue weighted by Gasteiger charge is 2.34. The van der Waals surface area contributed by atoms with Gasteiger partial charge in [-0.15, -0.1) is 0 Å². The van der Waals surface area contributed by atoms with Gasteiger partial charge in [-0.1, -0.05) is 32.4 Å². The van der Waals surface area contributed by atoms with Crippen LogP contribution in [0, 0.1) is 15.5 Å². The number of hydrogen-bond acceptors (Lipinski definition) is 5. The molecule has 0 aliphatic rings. The number of hydrogen-bond donors (Lipinski definition) is 2. The molecule has 0 radical (unpaired) electrons. The van der Waals surface area contributed by atoms with Gasteiger partial charge in [0.25, 0.3) is 5.91 Å². The van der Waals surface area contributed by atoms with Gasteiger partial charge in [-0.2, -0.15) is 0 Å². The molecule has 1 rings (SSSR count). The fraction of sp³-hybridized carbons (Fsp3) is 0.417. The van der Waals surface area contributed by atoms with E-state index < -0.39 is 39.1 Å². The first-order chi connectivity index (χ1) is 9.55. The second-order valence-electron chi connectivity index (χ2n) is 5.37. The molecular formula is C12H14ClN3O5. The Balaban J connectivity index is 3.19. The number of pyridine rings is 1. The SMILES string of the molecule is CC(C)(C)[C@@H](NC(=O)c1ccnc(Cl)c1[N+](=O)[O-])C(=O)O. The third kappa shape index (κ3) is 3.88. The fourth-order valence-corrected chi connectivity index (χ4v) is 1.87. The smallest absolute Gasteiger partial charge is 0.326 e. The first-order valence-corrected chi connectivity index (χ1v) is 6.26. The second kappa shape index (κ2) is 6.04. The predicted octanol–water partition coefficient (Wildman–Crippen LogP) is 1.87. The van der Waals surface area contributed by atoms with Crippen molar-refractivity contribution >= 4 is 29.2 Å². The van der Waals surface area contributed by atoms with Crippen molar-refractivity contribution in [1.82, 2.24) is 10.3 Å². The average Bonchev–Trinajstić information content (AvgIpc) is 2.32. The summed E-state index contributed by atoms with van der Waals surface area (Å²) in [6, 6.07) is -0.0995. The third-order valence-corrected chi connectivity index (χ3v) is 2.97. The van der Waals surface area contributed by atoms with Gasteiger partial charge < -0.3 is 10.4 Å². The van der Waals surface area contributed by atoms with Gasteiger partial charge in [0, 0.05) is 6.20 Å². The molecule has 0 aliphatic heterocycles. The zero-order valence-electron chi connectivity index (χ0n) is 11.6. The van der Waals surface area contributed by atoms with Crippen LogP contribution in [-0.4, -0.2) is 32.9 Å². The summed E-state index contributed by atoms with van der Waals surface area (Å²) in [7, 11) is 0. The van der Waals surface area contributed by atoms with Crippen LogP contribution in [0.4, 0.5) is 5.69 Å². The number of carboxylic acids is 1. The van der Waals surface area contributed by atoms with E-state index in [1.165, 1.54) is 0 Å². The van der Waals surface area contributed by atoms with Crippen LogP contribution in [0.3, 0.4) is 0 Å². The van der Waals surface area contributed by atoms with E-state index in [1.54, 1.807) is 20.8 Å². The number of carbonyl (C=O) groups is 2. The van der Waals surface area contributed by atoms with E-state index >= 15 is 0 Å². The first-order valence-electron chi connectivity index (χ1n) is 5.88. The molecule has 114 valence electrons. The topological polar surface area (TPSA) is 122 Å². The van der Waals surface area contributed by atoms with E-state index in [0.717, 1.165) is 12.3 Å². The maximum Gasteiger partial charge on any atom is 0.326 e. The van der Waals surface area contributed by atoms with Crippen molar-refractivity contribution in [1.29, 1.82) is 0 Å². The molecule has 2 N–H and O–H groups in total. The first kappa shape index (κ1) is 16.8. The minimum Gasteiger partial charge on any atom is -0.480 e. The number of nitrogens with zero attached hydrogens (tertiary/aromatic N) is 2. The highest BCUT2D eigenvalue weighted by molar-refractivity contribution is 6.32. The monoisotopic (exact) mass is 315 g/mol. The fourth-order valence-electron chi connectivity index (χ4n) is 1.64. The van der Waals surface area contributed by atoms with Gasteiger partial charge in [0.05, 0.1) is 4.92 Å². The maximum atomic E-state index is 12.1. The number of amides is 1. The Morgan fingerprint density at radius 1 is 1.48 bits per heavy atom. The lowest BCUT2D eigenvalue weighted by molar-refractivity contribution is -0.385. The van der Waals surface area contributed by atoms with E-state index in [4.69, 9.17) is 16.7 Å². The predicted molar refractivity (Wildman–Crippen MR) is 74.2 cm³/mol. The molecule has 1 atom stereocenters. The minimum atomic E-state index is -1.24. The normalized spacial score (nSPS) is 12.6. The number of aromatic nitrogens is 1. The zero-order valence-corrected chi connectivity index (χ0v) is 12.3. The summed E-state index contributed by atoms with van der Waals surface area (Å²) in [5, 5.41) is 21.9. The largest absolute Gasteiger partial charge is 0.480 e. The van der Waals surface area contributed by atoms with E-state index in [9.17, 15) is 19.7 Å². The number of halogens is 1. The molecule has 9 heteroatoms. The zero-order chi connectivity index (χ0) is 16.4. The van der Waals surface area contributed by atoms with Crippen molar-refractivity contribution in [2.75, 3.05) is 0 Å². The van der Waals surface area contributed by atoms with Gasteiger partial charge in [-0.05, 0) is 11.5 Å². The number of carboxylic acid groups (broad SMARTS) is 1. The van der Waals surface area contributed by atoms with Crippen molar-refractivity contribution in [2.24, 2.45) is 5.41 Å². The van der Waals surface area contributed by atoms with Gasteiger partial charge in [-0.3, -0.25) is 14.9 Å². The number of rotatable bonds is 4. The quantitative estimate of drug-likeness (QED) is 0.497. The van der Waals surface area contributed by atoms with E-state index in [-0.39, 0.29) is 5.56 Å². The summed E-state index contributed by atoms with van der Waals surface area (Å²) < 4.78 is 0. The third-order valence-electron chi connectivity index (χ3n) is 2.70. The Kier molecular flexibility index (Phi) is 4.84. The maximum absolute atomic E-state index is 12.1. The second-order valence-corrected chi connectivity index (χ2v) is 5.72. The van der Waals surface area contributed by atoms with Crippen LogP contribution in [0.15, 0.2) is 12.3 Å². The number of nitro groups is 1. The molecule has 8 nitrogen and oxygen atoms in total. The summed E-state index contributed by atoms with van der Waals surface area (Å²) in [6.07, 6.45) is 1.14. The van der Waals surface area contributed by atoms with E-state index in [0.29, 0.717) is 0 Å². The van der Waals surface area contributed by atoms with Crippen LogP contribution in [0.25, 0.3) is 0 Å². The molecule has 0 aliphatic carbocycles. The Labute approximate surface area is 125 Å². The Hall–Kier alpha value is -2.22. The van der Waals surface area contributed by atoms with Crippen LogP contribution < -0.4 is 5.32 Å². The molecular weight excluding hydrogens is 302 g/mol. The van der Waals surface area contributed by atoms with Gasteiger partial charge in [0.1, 0.15) is 11.6 Å². The van der Waals surface area contributed by atoms with Crippen LogP contribution in [0.5, 0.6) is 0 Å². The van der Waals surface area contributed by atoms with E-state index in [2.05, 4.69) is 10.3 Å². The lowest BCUT2D eigenvalue weighted by Crippen LogP contribution is -2.49. The number of nitrogens with one attached hydrogen (secondary N) is 1. The van der Waals surface area contributed by atoms with E-state index in [1.807, 2.05) is 0 Å². The van der Waals surface area contributed by atoms with Crippen molar-refractivity contribution in [2.45, 2.75) is 26.8 Å². The van der Waals surface area contributed by atoms with Crippen LogP contribution in [-0.2, 0) is 4.79 Å². The molecule has 21 heavy (non-hydrogen) atoms. The molecule has 1 heterocycles. The summed E-state index contributed by atoms with van der Waals surface area (Å²) in [5.74, 6) is -2.13. The number of aliphatic carboxylic acids is 1. The highest BCUT2D eigenvalue weighted by atomic mass is 35.5. The molecule has 0 aromatic carbocycles. The minimum absolute atomic E-state index is 0.337. The molecule has 0 saturated heterocycles. The molecule has 0 spiro atoms. The van der Waals surface area contributed by atoms with Crippen molar-refractivity contribution in [3.05, 3.63) is 33.1 Å². The van der Waals surface area contributed by atoms with Gasteiger partial charge in [-0.25, -0.2) is 9.78 Å². The lowest BCUT2D eigenvalue weighted by atomic mass is 9.86. The molecule has 0 fully saturated rings. The Bertz CT molecular complexity index is 597. The molecule has 1 aromatic rings. The Morgan fingerprint density at radius 3 is 2.48 bits per heavy atom. The molecule has 0 saturated carbocycles. The van der Waals surface area contributed by atoms with Crippen LogP contribution in [0.1, 0.15) is 31.1 Å². The lowest BCUT2D eigenvalue weighted by Gasteiger charge is -2.27. The van der Waals surface area contributed by atoms with Gasteiger partial charge >= 0.3 is 11.7 Å². The van der Waals surface area contributed by atoms with Crippen LogP contribution in [0.2, 0.25) is 5.15 Å². The summed E-state index contributed by atoms with van der Waals surface area (Å²) in [4.78, 5) is 37.0. The molecule has 0 bridgehead atoms. The standard InChI is InChI=1S/C12H14ClN3O5/c1-12(2,3)8(11(18)19)15-10(17)6-4-5-14-9(13)7(6)16(20)21/h4-5,8H,1-3H3,(H,15,17)(H,18,19)/t8-/m0/s1.